The highest BCUT2D eigenvalue weighted by Crippen LogP contribution is 2.40. The van der Waals surface area contributed by atoms with Crippen molar-refractivity contribution in [3.63, 3.8) is 0 Å². The highest BCUT2D eigenvalue weighted by atomic mass is 32.2. The average Bonchev–Trinajstić information content (AvgIpc) is 3.07. The highest BCUT2D eigenvalue weighted by Gasteiger charge is 2.41. The van der Waals surface area contributed by atoms with E-state index in [0.717, 1.165) is 12.8 Å². The lowest BCUT2D eigenvalue weighted by molar-refractivity contribution is 0.400. The van der Waals surface area contributed by atoms with Crippen molar-refractivity contribution in [3.05, 3.63) is 23.0 Å². The van der Waals surface area contributed by atoms with Gasteiger partial charge in [0, 0.05) is 5.54 Å². The molecular formula is C14H21FN2O2S. The zero-order chi connectivity index (χ0) is 15.3. The van der Waals surface area contributed by atoms with Crippen LogP contribution in [0.2, 0.25) is 0 Å². The summed E-state index contributed by atoms with van der Waals surface area (Å²) in [6.45, 7) is 6.86. The highest BCUT2D eigenvalue weighted by molar-refractivity contribution is 7.89. The second kappa shape index (κ2) is 4.70. The van der Waals surface area contributed by atoms with Gasteiger partial charge in [0.2, 0.25) is 10.0 Å². The SMILES string of the molecule is Cc1cc(F)c(N)c(C)c1S(=O)(=O)NC(C)(C)C1CC1. The number of anilines is 1. The molecule has 0 atom stereocenters. The third-order valence-electron chi connectivity index (χ3n) is 3.97. The fourth-order valence-corrected chi connectivity index (χ4v) is 4.59. The van der Waals surface area contributed by atoms with Crippen molar-refractivity contribution in [2.75, 3.05) is 5.73 Å². The molecule has 112 valence electrons. The summed E-state index contributed by atoms with van der Waals surface area (Å²) >= 11 is 0. The molecule has 0 heterocycles. The molecule has 1 aliphatic rings. The molecule has 0 saturated heterocycles. The van der Waals surface area contributed by atoms with Crippen LogP contribution in [0.3, 0.4) is 0 Å². The number of halogens is 1. The van der Waals surface area contributed by atoms with Crippen molar-refractivity contribution in [1.82, 2.24) is 4.72 Å². The van der Waals surface area contributed by atoms with Crippen LogP contribution in [0.15, 0.2) is 11.0 Å². The van der Waals surface area contributed by atoms with Crippen LogP contribution in [0.4, 0.5) is 10.1 Å². The lowest BCUT2D eigenvalue weighted by Crippen LogP contribution is -2.45. The van der Waals surface area contributed by atoms with Crippen LogP contribution >= 0.6 is 0 Å². The summed E-state index contributed by atoms with van der Waals surface area (Å²) in [7, 11) is -3.72. The number of hydrogen-bond donors (Lipinski definition) is 2. The first-order valence-electron chi connectivity index (χ1n) is 6.65. The topological polar surface area (TPSA) is 72.2 Å². The van der Waals surface area contributed by atoms with Crippen molar-refractivity contribution >= 4 is 15.7 Å². The van der Waals surface area contributed by atoms with Gasteiger partial charge in [-0.15, -0.1) is 0 Å². The molecule has 1 fully saturated rings. The predicted molar refractivity (Wildman–Crippen MR) is 77.4 cm³/mol. The molecule has 1 aromatic carbocycles. The maximum atomic E-state index is 13.5. The maximum absolute atomic E-state index is 13.5. The molecule has 0 aromatic heterocycles. The van der Waals surface area contributed by atoms with Gasteiger partial charge in [0.1, 0.15) is 5.82 Å². The van der Waals surface area contributed by atoms with Crippen LogP contribution in [0.5, 0.6) is 0 Å². The Morgan fingerprint density at radius 2 is 1.90 bits per heavy atom. The van der Waals surface area contributed by atoms with Gasteiger partial charge in [-0.2, -0.15) is 0 Å². The number of hydrogen-bond acceptors (Lipinski definition) is 3. The van der Waals surface area contributed by atoms with E-state index >= 15 is 0 Å². The summed E-state index contributed by atoms with van der Waals surface area (Å²) in [6, 6.07) is 1.17. The van der Waals surface area contributed by atoms with E-state index in [4.69, 9.17) is 5.73 Å². The van der Waals surface area contributed by atoms with Crippen molar-refractivity contribution < 1.29 is 12.8 Å². The monoisotopic (exact) mass is 300 g/mol. The maximum Gasteiger partial charge on any atom is 0.241 e. The van der Waals surface area contributed by atoms with Crippen LogP contribution in [0, 0.1) is 25.6 Å². The van der Waals surface area contributed by atoms with Crippen molar-refractivity contribution in [1.29, 1.82) is 0 Å². The summed E-state index contributed by atoms with van der Waals surface area (Å²) in [4.78, 5) is 0.0881. The van der Waals surface area contributed by atoms with E-state index in [0.29, 0.717) is 11.5 Å². The Bertz CT molecular complexity index is 650. The lowest BCUT2D eigenvalue weighted by atomic mass is 10.0. The van der Waals surface area contributed by atoms with E-state index in [1.165, 1.54) is 13.0 Å². The van der Waals surface area contributed by atoms with E-state index < -0.39 is 21.4 Å². The Balaban J connectivity index is 2.47. The van der Waals surface area contributed by atoms with Crippen LogP contribution in [-0.4, -0.2) is 14.0 Å². The molecule has 0 radical (unpaired) electrons. The van der Waals surface area contributed by atoms with Gasteiger partial charge in [-0.25, -0.2) is 17.5 Å². The summed E-state index contributed by atoms with van der Waals surface area (Å²) in [6.07, 6.45) is 2.05. The largest absolute Gasteiger partial charge is 0.396 e. The number of nitrogens with two attached hydrogens (primary N) is 1. The molecular weight excluding hydrogens is 279 g/mol. The molecule has 6 heteroatoms. The average molecular weight is 300 g/mol. The Kier molecular flexibility index (Phi) is 3.59. The summed E-state index contributed by atoms with van der Waals surface area (Å²) in [5.74, 6) is -0.226. The summed E-state index contributed by atoms with van der Waals surface area (Å²) in [5, 5.41) is 0. The van der Waals surface area contributed by atoms with Crippen LogP contribution < -0.4 is 10.5 Å². The van der Waals surface area contributed by atoms with Crippen LogP contribution in [-0.2, 0) is 10.0 Å². The van der Waals surface area contributed by atoms with E-state index in [1.807, 2.05) is 13.8 Å². The van der Waals surface area contributed by atoms with Gasteiger partial charge in [0.05, 0.1) is 10.6 Å². The molecule has 0 bridgehead atoms. The number of nitrogen functional groups attached to an aromatic ring is 1. The predicted octanol–water partition coefficient (Wildman–Crippen LogP) is 2.49. The first-order chi connectivity index (χ1) is 9.06. The smallest absolute Gasteiger partial charge is 0.241 e. The molecule has 3 N–H and O–H groups in total. The molecule has 1 saturated carbocycles. The Morgan fingerprint density at radius 3 is 2.40 bits per heavy atom. The molecule has 4 nitrogen and oxygen atoms in total. The summed E-state index contributed by atoms with van der Waals surface area (Å²) in [5.41, 5.74) is 5.64. The third kappa shape index (κ3) is 2.67. The van der Waals surface area contributed by atoms with E-state index in [9.17, 15) is 12.8 Å². The number of aryl methyl sites for hydroxylation is 1. The minimum absolute atomic E-state index is 0.0881. The standard InChI is InChI=1S/C14H21FN2O2S/c1-8-7-11(15)12(16)9(2)13(8)20(18,19)17-14(3,4)10-5-6-10/h7,10,17H,5-6,16H2,1-4H3. The zero-order valence-corrected chi connectivity index (χ0v) is 13.1. The minimum Gasteiger partial charge on any atom is -0.396 e. The van der Waals surface area contributed by atoms with Gasteiger partial charge < -0.3 is 5.73 Å². The van der Waals surface area contributed by atoms with Gasteiger partial charge in [0.25, 0.3) is 0 Å². The molecule has 0 aliphatic heterocycles. The number of rotatable bonds is 4. The van der Waals surface area contributed by atoms with E-state index in [-0.39, 0.29) is 16.1 Å². The summed E-state index contributed by atoms with van der Waals surface area (Å²) < 4.78 is 41.5. The first kappa shape index (κ1) is 15.3. The fourth-order valence-electron chi connectivity index (χ4n) is 2.63. The number of sulfonamides is 1. The van der Waals surface area contributed by atoms with Crippen LogP contribution in [0.1, 0.15) is 37.8 Å². The van der Waals surface area contributed by atoms with Gasteiger partial charge in [-0.1, -0.05) is 0 Å². The molecule has 1 aliphatic carbocycles. The fraction of sp³-hybridized carbons (Fsp3) is 0.571. The van der Waals surface area contributed by atoms with Gasteiger partial charge in [0.15, 0.2) is 0 Å². The molecule has 0 unspecified atom stereocenters. The second-order valence-electron chi connectivity index (χ2n) is 6.14. The Labute approximate surface area is 119 Å². The molecule has 0 spiro atoms. The van der Waals surface area contributed by atoms with Gasteiger partial charge >= 0.3 is 0 Å². The Morgan fingerprint density at radius 1 is 1.35 bits per heavy atom. The van der Waals surface area contributed by atoms with Gasteiger partial charge in [-0.05, 0) is 63.6 Å². The van der Waals surface area contributed by atoms with Crippen molar-refractivity contribution in [2.45, 2.75) is 51.0 Å². The minimum atomic E-state index is -3.72. The Hall–Kier alpha value is -1.14. The molecule has 0 amide bonds. The van der Waals surface area contributed by atoms with Gasteiger partial charge in [-0.3, -0.25) is 0 Å². The first-order valence-corrected chi connectivity index (χ1v) is 8.13. The van der Waals surface area contributed by atoms with Crippen molar-refractivity contribution in [3.8, 4) is 0 Å². The second-order valence-corrected chi connectivity index (χ2v) is 7.76. The molecule has 1 aromatic rings. The van der Waals surface area contributed by atoms with E-state index in [1.54, 1.807) is 6.92 Å². The van der Waals surface area contributed by atoms with Crippen molar-refractivity contribution in [2.24, 2.45) is 5.92 Å². The molecule has 20 heavy (non-hydrogen) atoms. The van der Waals surface area contributed by atoms with E-state index in [2.05, 4.69) is 4.72 Å². The lowest BCUT2D eigenvalue weighted by Gasteiger charge is -2.27. The number of benzene rings is 1. The third-order valence-corrected chi connectivity index (χ3v) is 5.93. The normalized spacial score (nSPS) is 16.4. The number of nitrogens with one attached hydrogen (secondary N) is 1. The quantitative estimate of drug-likeness (QED) is 0.839. The zero-order valence-electron chi connectivity index (χ0n) is 12.2. The van der Waals surface area contributed by atoms with Crippen LogP contribution in [0.25, 0.3) is 0 Å². The molecule has 2 rings (SSSR count).